The van der Waals surface area contributed by atoms with Crippen LogP contribution in [0.25, 0.3) is 10.8 Å². The number of hydrogen-bond donors (Lipinski definition) is 1. The largest absolute Gasteiger partial charge is 0.432 e. The number of nitrogens with zero attached hydrogens (tertiary/aromatic N) is 1. The van der Waals surface area contributed by atoms with Crippen molar-refractivity contribution in [3.05, 3.63) is 54.1 Å². The summed E-state index contributed by atoms with van der Waals surface area (Å²) >= 11 is 5.54. The number of rotatable bonds is 4. The molecule has 2 aromatic rings. The molecule has 0 saturated heterocycles. The highest BCUT2D eigenvalue weighted by Gasteiger charge is 2.15. The molecule has 2 rings (SSSR count). The van der Waals surface area contributed by atoms with Gasteiger partial charge in [-0.2, -0.15) is 0 Å². The van der Waals surface area contributed by atoms with E-state index in [0.717, 1.165) is 11.1 Å². The SMILES string of the molecule is CB(O)N(C/C=C/Cl)c1ccc2ccccc2c1. The van der Waals surface area contributed by atoms with Crippen molar-refractivity contribution in [1.29, 1.82) is 0 Å². The molecule has 0 fully saturated rings. The molecule has 0 aliphatic carbocycles. The van der Waals surface area contributed by atoms with E-state index in [1.165, 1.54) is 10.9 Å². The zero-order chi connectivity index (χ0) is 13.0. The fourth-order valence-corrected chi connectivity index (χ4v) is 2.06. The minimum atomic E-state index is -0.556. The molecular weight excluding hydrogens is 244 g/mol. The molecule has 2 aromatic carbocycles. The quantitative estimate of drug-likeness (QED) is 0.850. The first-order valence-electron chi connectivity index (χ1n) is 5.91. The van der Waals surface area contributed by atoms with Gasteiger partial charge in [0.05, 0.1) is 0 Å². The second-order valence-corrected chi connectivity index (χ2v) is 4.43. The van der Waals surface area contributed by atoms with Crippen molar-refractivity contribution in [2.75, 3.05) is 11.4 Å². The second-order valence-electron chi connectivity index (χ2n) is 4.18. The van der Waals surface area contributed by atoms with Gasteiger partial charge in [-0.3, -0.25) is 0 Å². The lowest BCUT2D eigenvalue weighted by Crippen LogP contribution is -2.37. The summed E-state index contributed by atoms with van der Waals surface area (Å²) in [5.41, 5.74) is 2.45. The lowest BCUT2D eigenvalue weighted by atomic mass is 9.84. The van der Waals surface area contributed by atoms with Crippen LogP contribution in [-0.4, -0.2) is 18.6 Å². The van der Waals surface area contributed by atoms with Gasteiger partial charge in [-0.25, -0.2) is 0 Å². The van der Waals surface area contributed by atoms with E-state index in [0.29, 0.717) is 6.54 Å². The van der Waals surface area contributed by atoms with Crippen LogP contribution in [0.1, 0.15) is 0 Å². The Bertz CT molecular complexity index is 556. The van der Waals surface area contributed by atoms with Crippen molar-refractivity contribution < 1.29 is 5.02 Å². The van der Waals surface area contributed by atoms with Gasteiger partial charge in [-0.05, 0) is 29.7 Å². The van der Waals surface area contributed by atoms with Gasteiger partial charge in [0.15, 0.2) is 0 Å². The summed E-state index contributed by atoms with van der Waals surface area (Å²) in [6, 6.07) is 14.3. The highest BCUT2D eigenvalue weighted by Crippen LogP contribution is 2.22. The Morgan fingerprint density at radius 3 is 2.61 bits per heavy atom. The Kier molecular flexibility index (Phi) is 4.29. The second kappa shape index (κ2) is 5.94. The molecule has 0 aromatic heterocycles. The number of hydrogen-bond acceptors (Lipinski definition) is 2. The number of anilines is 1. The number of fused-ring (bicyclic) bond motifs is 1. The first kappa shape index (κ1) is 13.0. The first-order valence-corrected chi connectivity index (χ1v) is 6.35. The maximum Gasteiger partial charge on any atom is 0.409 e. The van der Waals surface area contributed by atoms with Gasteiger partial charge < -0.3 is 9.83 Å². The van der Waals surface area contributed by atoms with Gasteiger partial charge in [0, 0.05) is 17.8 Å². The Morgan fingerprint density at radius 1 is 1.22 bits per heavy atom. The molecule has 0 unspecified atom stereocenters. The Morgan fingerprint density at radius 2 is 1.94 bits per heavy atom. The summed E-state index contributed by atoms with van der Waals surface area (Å²) in [5, 5.41) is 12.2. The van der Waals surface area contributed by atoms with Gasteiger partial charge in [0.25, 0.3) is 0 Å². The van der Waals surface area contributed by atoms with Crippen LogP contribution in [0.3, 0.4) is 0 Å². The molecule has 0 bridgehead atoms. The molecule has 18 heavy (non-hydrogen) atoms. The van der Waals surface area contributed by atoms with E-state index in [9.17, 15) is 5.02 Å². The molecule has 2 nitrogen and oxygen atoms in total. The van der Waals surface area contributed by atoms with Crippen LogP contribution in [-0.2, 0) is 0 Å². The van der Waals surface area contributed by atoms with Gasteiger partial charge >= 0.3 is 7.05 Å². The van der Waals surface area contributed by atoms with Crippen molar-refractivity contribution in [1.82, 2.24) is 0 Å². The standard InChI is InChI=1S/C14H15BClNO/c1-15(18)17(10-4-9-16)14-8-7-12-5-2-3-6-13(12)11-14/h2-9,11,18H,10H2,1H3/b9-4+. The summed E-state index contributed by atoms with van der Waals surface area (Å²) in [7, 11) is -0.556. The molecule has 0 heterocycles. The van der Waals surface area contributed by atoms with Crippen LogP contribution in [0.15, 0.2) is 54.1 Å². The zero-order valence-corrected chi connectivity index (χ0v) is 11.0. The molecule has 0 aliphatic heterocycles. The molecule has 92 valence electrons. The Labute approximate surface area is 113 Å². The minimum Gasteiger partial charge on any atom is -0.432 e. The Balaban J connectivity index is 2.37. The first-order chi connectivity index (χ1) is 8.72. The third kappa shape index (κ3) is 2.86. The third-order valence-corrected chi connectivity index (χ3v) is 3.09. The molecule has 4 heteroatoms. The fourth-order valence-electron chi connectivity index (χ4n) is 1.98. The summed E-state index contributed by atoms with van der Waals surface area (Å²) in [6.45, 7) is 2.33. The lowest BCUT2D eigenvalue weighted by molar-refractivity contribution is 0.573. The maximum absolute atomic E-state index is 9.81. The van der Waals surface area contributed by atoms with Gasteiger partial charge in [0.1, 0.15) is 0 Å². The number of benzene rings is 2. The number of halogens is 1. The topological polar surface area (TPSA) is 23.5 Å². The van der Waals surface area contributed by atoms with E-state index in [1.54, 1.807) is 6.82 Å². The summed E-state index contributed by atoms with van der Waals surface area (Å²) in [4.78, 5) is 1.88. The van der Waals surface area contributed by atoms with Crippen LogP contribution in [0, 0.1) is 0 Å². The Hall–Kier alpha value is -1.45. The van der Waals surface area contributed by atoms with Crippen molar-refractivity contribution in [2.45, 2.75) is 6.82 Å². The molecule has 0 aliphatic rings. The lowest BCUT2D eigenvalue weighted by Gasteiger charge is -2.24. The van der Waals surface area contributed by atoms with E-state index >= 15 is 0 Å². The summed E-state index contributed by atoms with van der Waals surface area (Å²) in [6.07, 6.45) is 1.81. The highest BCUT2D eigenvalue weighted by atomic mass is 35.5. The average molecular weight is 260 g/mol. The van der Waals surface area contributed by atoms with Gasteiger partial charge in [-0.15, -0.1) is 0 Å². The zero-order valence-electron chi connectivity index (χ0n) is 10.3. The van der Waals surface area contributed by atoms with Crippen LogP contribution in [0.4, 0.5) is 5.69 Å². The molecular formula is C14H15BClNO. The normalized spacial score (nSPS) is 11.1. The summed E-state index contributed by atoms with van der Waals surface area (Å²) in [5.74, 6) is 0. The van der Waals surface area contributed by atoms with Crippen LogP contribution in [0.2, 0.25) is 6.82 Å². The highest BCUT2D eigenvalue weighted by molar-refractivity contribution is 6.53. The van der Waals surface area contributed by atoms with Crippen molar-refractivity contribution >= 4 is 35.1 Å². The molecule has 0 atom stereocenters. The summed E-state index contributed by atoms with van der Waals surface area (Å²) < 4.78 is 0. The van der Waals surface area contributed by atoms with Gasteiger partial charge in [-0.1, -0.05) is 48.0 Å². The smallest absolute Gasteiger partial charge is 0.409 e. The van der Waals surface area contributed by atoms with E-state index in [2.05, 4.69) is 24.3 Å². The van der Waals surface area contributed by atoms with Crippen molar-refractivity contribution in [3.8, 4) is 0 Å². The molecule has 0 radical (unpaired) electrons. The van der Waals surface area contributed by atoms with E-state index in [-0.39, 0.29) is 0 Å². The average Bonchev–Trinajstić information content (AvgIpc) is 2.38. The molecule has 0 spiro atoms. The maximum atomic E-state index is 9.81. The predicted octanol–water partition coefficient (Wildman–Crippen LogP) is 3.51. The molecule has 1 N–H and O–H groups in total. The minimum absolute atomic E-state index is 0.556. The van der Waals surface area contributed by atoms with E-state index in [4.69, 9.17) is 11.6 Å². The fraction of sp³-hybridized carbons (Fsp3) is 0.143. The van der Waals surface area contributed by atoms with E-state index in [1.807, 2.05) is 29.1 Å². The van der Waals surface area contributed by atoms with E-state index < -0.39 is 7.05 Å². The van der Waals surface area contributed by atoms with Crippen LogP contribution in [0.5, 0.6) is 0 Å². The predicted molar refractivity (Wildman–Crippen MR) is 80.1 cm³/mol. The molecule has 0 saturated carbocycles. The monoisotopic (exact) mass is 259 g/mol. The van der Waals surface area contributed by atoms with Crippen LogP contribution >= 0.6 is 11.6 Å². The van der Waals surface area contributed by atoms with Crippen molar-refractivity contribution in [3.63, 3.8) is 0 Å². The van der Waals surface area contributed by atoms with Crippen LogP contribution < -0.4 is 4.81 Å². The third-order valence-electron chi connectivity index (χ3n) is 2.91. The van der Waals surface area contributed by atoms with Gasteiger partial charge in [0.2, 0.25) is 0 Å². The molecule has 0 amide bonds. The van der Waals surface area contributed by atoms with Crippen molar-refractivity contribution in [2.24, 2.45) is 0 Å².